The van der Waals surface area contributed by atoms with Crippen LogP contribution >= 0.6 is 15.9 Å². The van der Waals surface area contributed by atoms with Crippen LogP contribution in [0.2, 0.25) is 0 Å². The number of hydrogen-bond donors (Lipinski definition) is 2. The summed E-state index contributed by atoms with van der Waals surface area (Å²) in [7, 11) is -4.54. The molecule has 0 aromatic heterocycles. The van der Waals surface area contributed by atoms with Gasteiger partial charge in [-0.05, 0) is 55.3 Å². The summed E-state index contributed by atoms with van der Waals surface area (Å²) in [6.45, 7) is 1.03. The highest BCUT2D eigenvalue weighted by Crippen LogP contribution is 2.37. The normalized spacial score (nSPS) is 12.9. The van der Waals surface area contributed by atoms with Crippen molar-refractivity contribution < 1.29 is 34.8 Å². The zero-order valence-electron chi connectivity index (χ0n) is 15.9. The Morgan fingerprint density at radius 2 is 1.32 bits per heavy atom. The molecule has 4 nitrogen and oxygen atoms in total. The van der Waals surface area contributed by atoms with E-state index in [-0.39, 0.29) is 24.7 Å². The van der Waals surface area contributed by atoms with Crippen molar-refractivity contribution in [2.75, 3.05) is 13.1 Å². The number of hydrogen-bond acceptors (Lipinski definition) is 3. The van der Waals surface area contributed by atoms with Crippen LogP contribution in [0.5, 0.6) is 0 Å². The van der Waals surface area contributed by atoms with Gasteiger partial charge in [-0.15, -0.1) is 0 Å². The fourth-order valence-electron chi connectivity index (χ4n) is 2.58. The van der Waals surface area contributed by atoms with Crippen LogP contribution in [0.25, 0.3) is 0 Å². The van der Waals surface area contributed by atoms with Crippen LogP contribution in [0, 0.1) is 0 Å². The van der Waals surface area contributed by atoms with Crippen LogP contribution in [0.1, 0.15) is 29.5 Å². The van der Waals surface area contributed by atoms with E-state index < -0.39 is 38.4 Å². The molecule has 0 aliphatic carbocycles. The first-order chi connectivity index (χ1) is 14.3. The van der Waals surface area contributed by atoms with Crippen molar-refractivity contribution >= 4 is 26.0 Å². The molecular weight excluding hydrogens is 514 g/mol. The van der Waals surface area contributed by atoms with Crippen molar-refractivity contribution in [3.8, 4) is 0 Å². The Morgan fingerprint density at radius 3 is 1.84 bits per heavy atom. The second kappa shape index (κ2) is 10.3. The van der Waals surface area contributed by atoms with E-state index in [0.717, 1.165) is 10.0 Å². The minimum Gasteiger partial charge on any atom is -0.313 e. The summed E-state index contributed by atoms with van der Waals surface area (Å²) < 4.78 is 105. The third-order valence-corrected chi connectivity index (χ3v) is 6.16. The predicted octanol–water partition coefficient (Wildman–Crippen LogP) is 5.34. The summed E-state index contributed by atoms with van der Waals surface area (Å²) >= 11 is 3.33. The van der Waals surface area contributed by atoms with Gasteiger partial charge in [0, 0.05) is 17.6 Å². The first-order valence-electron chi connectivity index (χ1n) is 9.03. The molecule has 0 saturated carbocycles. The van der Waals surface area contributed by atoms with Crippen molar-refractivity contribution in [1.29, 1.82) is 0 Å². The maximum atomic E-state index is 12.9. The molecule has 2 aromatic carbocycles. The molecule has 2 rings (SSSR count). The van der Waals surface area contributed by atoms with Gasteiger partial charge in [0.1, 0.15) is 0 Å². The third-order valence-electron chi connectivity index (χ3n) is 4.19. The molecule has 0 bridgehead atoms. The molecule has 172 valence electrons. The molecule has 0 heterocycles. The van der Waals surface area contributed by atoms with Gasteiger partial charge < -0.3 is 5.32 Å². The Balaban J connectivity index is 1.91. The summed E-state index contributed by atoms with van der Waals surface area (Å²) in [5.41, 5.74) is -2.31. The molecule has 0 amide bonds. The highest BCUT2D eigenvalue weighted by Gasteiger charge is 2.38. The maximum Gasteiger partial charge on any atom is 0.416 e. The van der Waals surface area contributed by atoms with E-state index in [2.05, 4.69) is 26.0 Å². The van der Waals surface area contributed by atoms with Crippen LogP contribution < -0.4 is 10.0 Å². The minimum absolute atomic E-state index is 0.115. The predicted molar refractivity (Wildman–Crippen MR) is 107 cm³/mol. The zero-order chi connectivity index (χ0) is 23.3. The molecule has 0 unspecified atom stereocenters. The molecule has 0 spiro atoms. The minimum atomic E-state index is -5.12. The molecule has 0 aliphatic rings. The van der Waals surface area contributed by atoms with Gasteiger partial charge in [-0.3, -0.25) is 0 Å². The number of benzene rings is 2. The summed E-state index contributed by atoms with van der Waals surface area (Å²) in [6.07, 6.45) is -9.34. The number of rotatable bonds is 9. The van der Waals surface area contributed by atoms with Crippen molar-refractivity contribution in [2.45, 2.75) is 36.6 Å². The molecular formula is C19H19BrF6N2O2S. The Hall–Kier alpha value is -1.63. The highest BCUT2D eigenvalue weighted by molar-refractivity contribution is 9.10. The first kappa shape index (κ1) is 25.6. The second-order valence-electron chi connectivity index (χ2n) is 6.65. The van der Waals surface area contributed by atoms with Crippen molar-refractivity contribution in [2.24, 2.45) is 0 Å². The SMILES string of the molecule is O=S(=O)(NCCCCNCc1ccc(Br)cc1)c1cc(C(F)(F)F)cc(C(F)(F)F)c1. The van der Waals surface area contributed by atoms with Gasteiger partial charge in [0.25, 0.3) is 0 Å². The summed E-state index contributed by atoms with van der Waals surface area (Å²) in [5, 5.41) is 3.16. The lowest BCUT2D eigenvalue weighted by atomic mass is 10.1. The standard InChI is InChI=1S/C19H19BrF6N2O2S/c20-16-5-3-13(4-6-16)12-27-7-1-2-8-28-31(29,30)17-10-14(18(21,22)23)9-15(11-17)19(24,25)26/h3-6,9-11,27-28H,1-2,7-8,12H2. The molecule has 0 atom stereocenters. The van der Waals surface area contributed by atoms with E-state index in [9.17, 15) is 34.8 Å². The second-order valence-corrected chi connectivity index (χ2v) is 9.33. The topological polar surface area (TPSA) is 58.2 Å². The Bertz CT molecular complexity index is 944. The summed E-state index contributed by atoms with van der Waals surface area (Å²) in [4.78, 5) is -1.08. The number of sulfonamides is 1. The molecule has 0 radical (unpaired) electrons. The molecule has 0 aliphatic heterocycles. The highest BCUT2D eigenvalue weighted by atomic mass is 79.9. The summed E-state index contributed by atoms with van der Waals surface area (Å²) in [6, 6.07) is 7.91. The number of unbranched alkanes of at least 4 members (excludes halogenated alkanes) is 1. The van der Waals surface area contributed by atoms with Gasteiger partial charge >= 0.3 is 12.4 Å². The zero-order valence-corrected chi connectivity index (χ0v) is 18.3. The smallest absolute Gasteiger partial charge is 0.313 e. The van der Waals surface area contributed by atoms with Crippen LogP contribution in [0.4, 0.5) is 26.3 Å². The molecule has 0 saturated heterocycles. The molecule has 2 aromatic rings. The quantitative estimate of drug-likeness (QED) is 0.338. The van der Waals surface area contributed by atoms with Crippen molar-refractivity contribution in [1.82, 2.24) is 10.0 Å². The molecule has 2 N–H and O–H groups in total. The van der Waals surface area contributed by atoms with Gasteiger partial charge in [0.2, 0.25) is 10.0 Å². The maximum absolute atomic E-state index is 12.9. The van der Waals surface area contributed by atoms with Gasteiger partial charge in [0.15, 0.2) is 0 Å². The van der Waals surface area contributed by atoms with Crippen LogP contribution in [-0.2, 0) is 28.9 Å². The Kier molecular flexibility index (Phi) is 8.54. The lowest BCUT2D eigenvalue weighted by Gasteiger charge is -2.15. The lowest BCUT2D eigenvalue weighted by molar-refractivity contribution is -0.143. The van der Waals surface area contributed by atoms with E-state index in [1.165, 1.54) is 0 Å². The molecule has 31 heavy (non-hydrogen) atoms. The van der Waals surface area contributed by atoms with Gasteiger partial charge in [-0.25, -0.2) is 13.1 Å². The first-order valence-corrected chi connectivity index (χ1v) is 11.3. The number of nitrogens with one attached hydrogen (secondary N) is 2. The van der Waals surface area contributed by atoms with Crippen LogP contribution in [-0.4, -0.2) is 21.5 Å². The van der Waals surface area contributed by atoms with Gasteiger partial charge in [-0.2, -0.15) is 26.3 Å². The Morgan fingerprint density at radius 1 is 0.806 bits per heavy atom. The van der Waals surface area contributed by atoms with E-state index in [0.29, 0.717) is 25.9 Å². The Labute approximate surface area is 184 Å². The fourth-order valence-corrected chi connectivity index (χ4v) is 3.99. The summed E-state index contributed by atoms with van der Waals surface area (Å²) in [5.74, 6) is 0. The third kappa shape index (κ3) is 8.09. The van der Waals surface area contributed by atoms with E-state index >= 15 is 0 Å². The lowest BCUT2D eigenvalue weighted by Crippen LogP contribution is -2.26. The van der Waals surface area contributed by atoms with E-state index in [1.54, 1.807) is 0 Å². The van der Waals surface area contributed by atoms with Crippen molar-refractivity contribution in [3.05, 3.63) is 63.6 Å². The fraction of sp³-hybridized carbons (Fsp3) is 0.368. The van der Waals surface area contributed by atoms with E-state index in [1.807, 2.05) is 24.3 Å². The largest absolute Gasteiger partial charge is 0.416 e. The van der Waals surface area contributed by atoms with Crippen LogP contribution in [0.3, 0.4) is 0 Å². The van der Waals surface area contributed by atoms with Crippen molar-refractivity contribution in [3.63, 3.8) is 0 Å². The van der Waals surface area contributed by atoms with Gasteiger partial charge in [-0.1, -0.05) is 28.1 Å². The van der Waals surface area contributed by atoms with E-state index in [4.69, 9.17) is 0 Å². The number of halogens is 7. The number of alkyl halides is 6. The average molecular weight is 533 g/mol. The van der Waals surface area contributed by atoms with Gasteiger partial charge in [0.05, 0.1) is 16.0 Å². The van der Waals surface area contributed by atoms with Crippen LogP contribution in [0.15, 0.2) is 51.8 Å². The molecule has 0 fully saturated rings. The molecule has 12 heteroatoms. The average Bonchev–Trinajstić information content (AvgIpc) is 2.67. The monoisotopic (exact) mass is 532 g/mol.